The number of carbonyl (C=O) groups excluding carboxylic acids is 2. The highest BCUT2D eigenvalue weighted by Crippen LogP contribution is 2.76. The van der Waals surface area contributed by atoms with Crippen molar-refractivity contribution in [2.45, 2.75) is 292 Å². The van der Waals surface area contributed by atoms with E-state index in [0.717, 1.165) is 12.5 Å². The molecule has 6 heterocycles. The quantitative estimate of drug-likeness (QED) is 0.0400. The lowest BCUT2D eigenvalue weighted by Crippen LogP contribution is -2.68. The van der Waals surface area contributed by atoms with Crippen molar-refractivity contribution in [1.29, 1.82) is 0 Å². The first-order valence-electron chi connectivity index (χ1n) is 33.8. The lowest BCUT2D eigenvalue weighted by atomic mass is 9.33. The molecule has 0 aromatic carbocycles. The van der Waals surface area contributed by atoms with Crippen LogP contribution in [0.15, 0.2) is 11.6 Å². The third-order valence-corrected chi connectivity index (χ3v) is 24.8. The van der Waals surface area contributed by atoms with Crippen LogP contribution in [0.25, 0.3) is 0 Å². The average Bonchev–Trinajstić information content (AvgIpc) is 0.983. The van der Waals surface area contributed by atoms with E-state index in [-0.39, 0.29) is 35.5 Å². The monoisotopic (exact) mass is 1390 g/mol. The summed E-state index contributed by atoms with van der Waals surface area (Å²) < 4.78 is 77.1. The molecule has 35 atom stereocenters. The smallest absolute Gasteiger partial charge is 0.335 e. The Balaban J connectivity index is 0.845. The summed E-state index contributed by atoms with van der Waals surface area (Å²) in [6, 6.07) is 0. The van der Waals surface area contributed by atoms with Gasteiger partial charge in [-0.1, -0.05) is 60.1 Å². The number of hydrogen-bond donors (Lipinski definition) is 16. The Morgan fingerprint density at radius 2 is 1.20 bits per heavy atom. The van der Waals surface area contributed by atoms with Gasteiger partial charge in [0.2, 0.25) is 6.29 Å². The SMILES string of the molecule is CC(=O)OC[C@H]1O[C@@H](O[C@H]2[C@@H](O)[C@H](O[C@H]3[C@H](OC(=O)[C@]45CCC(C)(C)C[C@H]4C4=CC[C@@H]6[C@@]7(C)CC[C@H](O[C@@H]8O[C@H](C(=O)O)[C@@H](O)[C@H](O)[C@H]8O)C(C)(C)[C@@H]7CC[C@@]6(C)[C@]4(C)C[C@H]5O)OC[C@@H](O)[C@@H]3O)O[C@@H](C)[C@@H]2O[C@@H]2OC[C@@H](O)[C@H](O[C@@H]3OC[C@](O)(CO)[C@H]3O)[C@H]2O)[C@H](O)[C@@H](O)[C@@H]1O. The number of aliphatic hydroxyl groups is 15. The summed E-state index contributed by atoms with van der Waals surface area (Å²) in [6.07, 6.45) is -40.7. The second kappa shape index (κ2) is 27.6. The zero-order valence-corrected chi connectivity index (χ0v) is 56.0. The minimum Gasteiger partial charge on any atom is -0.479 e. The number of carboxylic acids is 1. The lowest BCUT2D eigenvalue weighted by molar-refractivity contribution is -0.394. The number of aliphatic carboxylic acids is 1. The van der Waals surface area contributed by atoms with Gasteiger partial charge in [-0.25, -0.2) is 4.79 Å². The minimum absolute atomic E-state index is 0.0225. The van der Waals surface area contributed by atoms with Crippen LogP contribution in [-0.4, -0.2) is 304 Å². The third kappa shape index (κ3) is 13.0. The Morgan fingerprint density at radius 1 is 0.588 bits per heavy atom. The van der Waals surface area contributed by atoms with Crippen LogP contribution in [-0.2, 0) is 76.0 Å². The molecule has 4 saturated carbocycles. The number of aliphatic hydroxyl groups excluding tert-OH is 14. The number of rotatable bonds is 16. The number of fused-ring (bicyclic) bond motifs is 7. The molecule has 0 radical (unpaired) electrons. The molecule has 11 aliphatic rings. The number of carbonyl (C=O) groups is 3. The Morgan fingerprint density at radius 3 is 1.86 bits per heavy atom. The normalized spacial score (nSPS) is 52.7. The van der Waals surface area contributed by atoms with Gasteiger partial charge in [0.15, 0.2) is 43.7 Å². The van der Waals surface area contributed by atoms with Crippen molar-refractivity contribution < 1.29 is 158 Å². The first-order valence-corrected chi connectivity index (χ1v) is 33.8. The number of ether oxygens (including phenoxy) is 13. The lowest BCUT2D eigenvalue weighted by Gasteiger charge is -2.71. The van der Waals surface area contributed by atoms with Crippen LogP contribution >= 0.6 is 0 Å². The Labute approximate surface area is 560 Å². The maximum absolute atomic E-state index is 15.7. The molecular formula is C65H102O32. The largest absolute Gasteiger partial charge is 0.479 e. The zero-order chi connectivity index (χ0) is 70.9. The molecule has 554 valence electrons. The summed E-state index contributed by atoms with van der Waals surface area (Å²) in [7, 11) is 0. The molecule has 32 heteroatoms. The fourth-order valence-electron chi connectivity index (χ4n) is 18.9. The maximum Gasteiger partial charge on any atom is 0.335 e. The fourth-order valence-corrected chi connectivity index (χ4v) is 18.9. The van der Waals surface area contributed by atoms with E-state index >= 15 is 4.79 Å². The summed E-state index contributed by atoms with van der Waals surface area (Å²) in [4.78, 5) is 39.6. The van der Waals surface area contributed by atoms with E-state index in [4.69, 9.17) is 61.6 Å². The number of esters is 2. The molecule has 97 heavy (non-hydrogen) atoms. The molecule has 0 spiro atoms. The molecule has 0 unspecified atom stereocenters. The third-order valence-electron chi connectivity index (χ3n) is 24.8. The van der Waals surface area contributed by atoms with E-state index in [1.807, 2.05) is 0 Å². The van der Waals surface area contributed by atoms with Gasteiger partial charge in [0.25, 0.3) is 0 Å². The first kappa shape index (κ1) is 75.3. The van der Waals surface area contributed by atoms with Crippen molar-refractivity contribution in [1.82, 2.24) is 0 Å². The Bertz CT molecular complexity index is 2850. The predicted molar refractivity (Wildman–Crippen MR) is 320 cm³/mol. The van der Waals surface area contributed by atoms with Crippen LogP contribution in [0.3, 0.4) is 0 Å². The minimum atomic E-state index is -2.17. The van der Waals surface area contributed by atoms with E-state index in [2.05, 4.69) is 54.5 Å². The van der Waals surface area contributed by atoms with E-state index in [9.17, 15) is 91.3 Å². The van der Waals surface area contributed by atoms with Gasteiger partial charge in [0.05, 0.1) is 44.7 Å². The van der Waals surface area contributed by atoms with Crippen molar-refractivity contribution >= 4 is 17.9 Å². The van der Waals surface area contributed by atoms with E-state index < -0.39 is 250 Å². The first-order chi connectivity index (χ1) is 45.3. The summed E-state index contributed by atoms with van der Waals surface area (Å²) in [5, 5.41) is 178. The number of carboxylic acid groups (broad SMARTS) is 1. The second-order valence-electron chi connectivity index (χ2n) is 31.4. The molecule has 11 rings (SSSR count). The summed E-state index contributed by atoms with van der Waals surface area (Å²) in [6.45, 7) is 14.2. The van der Waals surface area contributed by atoms with Crippen molar-refractivity contribution in [2.75, 3.05) is 33.0 Å². The molecule has 10 fully saturated rings. The summed E-state index contributed by atoms with van der Waals surface area (Å²) in [5.74, 6) is -3.73. The van der Waals surface area contributed by atoms with Gasteiger partial charge in [-0.3, -0.25) is 9.59 Å². The molecule has 0 bridgehead atoms. The highest BCUT2D eigenvalue weighted by molar-refractivity contribution is 5.80. The maximum atomic E-state index is 15.7. The van der Waals surface area contributed by atoms with Crippen LogP contribution < -0.4 is 0 Å². The second-order valence-corrected chi connectivity index (χ2v) is 31.4. The summed E-state index contributed by atoms with van der Waals surface area (Å²) >= 11 is 0. The van der Waals surface area contributed by atoms with Crippen LogP contribution in [0, 0.1) is 50.2 Å². The van der Waals surface area contributed by atoms with E-state index in [0.29, 0.717) is 44.9 Å². The van der Waals surface area contributed by atoms with Crippen LogP contribution in [0.2, 0.25) is 0 Å². The highest BCUT2D eigenvalue weighted by Gasteiger charge is 2.73. The highest BCUT2D eigenvalue weighted by atomic mass is 16.8. The average molecular weight is 1400 g/mol. The van der Waals surface area contributed by atoms with Gasteiger partial charge < -0.3 is 143 Å². The van der Waals surface area contributed by atoms with Crippen molar-refractivity contribution in [2.24, 2.45) is 50.2 Å². The molecule has 0 amide bonds. The molecule has 0 aromatic heterocycles. The van der Waals surface area contributed by atoms with E-state index in [1.165, 1.54) is 6.92 Å². The van der Waals surface area contributed by atoms with Crippen LogP contribution in [0.4, 0.5) is 0 Å². The molecule has 5 aliphatic carbocycles. The van der Waals surface area contributed by atoms with Crippen molar-refractivity contribution in [3.63, 3.8) is 0 Å². The van der Waals surface area contributed by atoms with Gasteiger partial charge >= 0.3 is 17.9 Å². The fraction of sp³-hybridized carbons (Fsp3) is 0.923. The van der Waals surface area contributed by atoms with Crippen LogP contribution in [0.1, 0.15) is 120 Å². The van der Waals surface area contributed by atoms with Crippen molar-refractivity contribution in [3.8, 4) is 0 Å². The van der Waals surface area contributed by atoms with Gasteiger partial charge in [-0.05, 0) is 110 Å². The Hall–Kier alpha value is -2.89. The standard InChI is InChI=1S/C65H102O32/c1-25-45(92-52-43(78)46(30(69)21-86-52)93-57-50(80)64(84,23-66)24-88-57)47(94-53-41(76)38(73)37(72)31(90-53)22-85-26(2)67)44(79)55(89-25)96-49-36(71)29(68)20-87-56(49)97-58(83)65-17-16-59(3,4)18-28(65)27-10-11-33-61(7)14-13-35(91-54-42(77)39(74)40(75)48(95-54)51(81)82)60(5,6)32(61)12-15-62(33,8)63(27,9)19-34(65)70/h10,25,28-50,52-57,66,68-80,84H,11-24H2,1-9H3,(H,81,82)/t25-,28-,29+,30+,31+,32-,33+,34+,35-,36-,37+,38-,39-,40-,41+,42+,43+,44+,45-,46-,47-,48-,49+,50-,52-,53-,54+,55-,56-,57-,61-,62+,63+,64+,65+/m0/s1. The zero-order valence-electron chi connectivity index (χ0n) is 56.0. The van der Waals surface area contributed by atoms with Gasteiger partial charge in [-0.2, -0.15) is 0 Å². The molecule has 6 aliphatic heterocycles. The summed E-state index contributed by atoms with van der Waals surface area (Å²) in [5.41, 5.74) is -5.15. The topological polar surface area (TPSA) is 495 Å². The molecular weight excluding hydrogens is 1290 g/mol. The Kier molecular flexibility index (Phi) is 21.4. The van der Waals surface area contributed by atoms with Gasteiger partial charge in [0, 0.05) is 6.92 Å². The number of allylic oxidation sites excluding steroid dienone is 2. The van der Waals surface area contributed by atoms with Gasteiger partial charge in [-0.15, -0.1) is 0 Å². The molecule has 32 nitrogen and oxygen atoms in total. The molecule has 16 N–H and O–H groups in total. The van der Waals surface area contributed by atoms with Gasteiger partial charge in [0.1, 0.15) is 115 Å². The van der Waals surface area contributed by atoms with E-state index in [1.54, 1.807) is 0 Å². The number of hydrogen-bond acceptors (Lipinski definition) is 31. The molecule has 6 saturated heterocycles. The molecule has 0 aromatic rings. The van der Waals surface area contributed by atoms with Crippen molar-refractivity contribution in [3.05, 3.63) is 11.6 Å². The van der Waals surface area contributed by atoms with Crippen LogP contribution in [0.5, 0.6) is 0 Å². The predicted octanol–water partition coefficient (Wildman–Crippen LogP) is -3.81.